The smallest absolute Gasteiger partial charge is 0.454 e. The first-order chi connectivity index (χ1) is 7.30. The molecule has 88 valence electrons. The molecule has 0 aliphatic rings. The number of carbonyl (C=O) groups excluding carboxylic acids is 1. The van der Waals surface area contributed by atoms with Crippen LogP contribution in [0, 0.1) is 0 Å². The number of ether oxygens (including phenoxy) is 1. The Balaban J connectivity index is 2.65. The number of hydrogen-bond acceptors (Lipinski definition) is 2. The highest BCUT2D eigenvalue weighted by Crippen LogP contribution is 2.23. The summed E-state index contributed by atoms with van der Waals surface area (Å²) in [6.07, 6.45) is -5.00. The van der Waals surface area contributed by atoms with Crippen LogP contribution in [0.25, 0.3) is 0 Å². The Morgan fingerprint density at radius 1 is 1.31 bits per heavy atom. The van der Waals surface area contributed by atoms with Crippen molar-refractivity contribution in [2.45, 2.75) is 12.8 Å². The first-order valence-electron chi connectivity index (χ1n) is 3.98. The molecule has 0 N–H and O–H groups in total. The molecule has 1 aromatic rings. The van der Waals surface area contributed by atoms with Gasteiger partial charge in [-0.1, -0.05) is 29.3 Å². The highest BCUT2D eigenvalue weighted by Gasteiger charge is 2.40. The van der Waals surface area contributed by atoms with E-state index < -0.39 is 18.8 Å². The molecule has 0 radical (unpaired) electrons. The quantitative estimate of drug-likeness (QED) is 0.769. The summed E-state index contributed by atoms with van der Waals surface area (Å²) in [6, 6.07) is 4.17. The first-order valence-corrected chi connectivity index (χ1v) is 4.74. The molecule has 0 spiro atoms. The molecule has 0 atom stereocenters. The monoisotopic (exact) mass is 272 g/mol. The fourth-order valence-electron chi connectivity index (χ4n) is 0.864. The van der Waals surface area contributed by atoms with Crippen molar-refractivity contribution in [2.24, 2.45) is 0 Å². The predicted octanol–water partition coefficient (Wildman–Crippen LogP) is 3.60. The molecule has 0 amide bonds. The van der Waals surface area contributed by atoms with Crippen molar-refractivity contribution in [3.63, 3.8) is 0 Å². The van der Waals surface area contributed by atoms with Crippen LogP contribution in [-0.4, -0.2) is 12.1 Å². The molecule has 0 bridgehead atoms. The lowest BCUT2D eigenvalue weighted by atomic mass is 10.2. The summed E-state index contributed by atoms with van der Waals surface area (Å²) in [4.78, 5) is 10.4. The van der Waals surface area contributed by atoms with Gasteiger partial charge in [0.05, 0.1) is 0 Å². The largest absolute Gasteiger partial charge is 0.490 e. The fourth-order valence-corrected chi connectivity index (χ4v) is 1.33. The van der Waals surface area contributed by atoms with Gasteiger partial charge in [0.15, 0.2) is 0 Å². The van der Waals surface area contributed by atoms with Crippen LogP contribution in [-0.2, 0) is 16.1 Å². The zero-order chi connectivity index (χ0) is 12.3. The Hall–Kier alpha value is -0.940. The standard InChI is InChI=1S/C9H5Cl2F3O2/c10-6-2-1-5(7(11)3-6)4-16-8(15)9(12,13)14/h1-3H,4H2. The average Bonchev–Trinajstić information content (AvgIpc) is 2.14. The lowest BCUT2D eigenvalue weighted by molar-refractivity contribution is -0.201. The van der Waals surface area contributed by atoms with Gasteiger partial charge in [0.25, 0.3) is 0 Å². The SMILES string of the molecule is O=C(OCc1ccc(Cl)cc1Cl)C(F)(F)F. The third-order valence-corrected chi connectivity index (χ3v) is 2.19. The molecule has 0 fully saturated rings. The molecule has 0 aliphatic heterocycles. The van der Waals surface area contributed by atoms with Crippen LogP contribution in [0.15, 0.2) is 18.2 Å². The first kappa shape index (κ1) is 13.1. The lowest BCUT2D eigenvalue weighted by Gasteiger charge is -2.08. The molecule has 0 aliphatic carbocycles. The topological polar surface area (TPSA) is 26.3 Å². The van der Waals surface area contributed by atoms with Crippen LogP contribution in [0.1, 0.15) is 5.56 Å². The lowest BCUT2D eigenvalue weighted by Crippen LogP contribution is -2.25. The van der Waals surface area contributed by atoms with Gasteiger partial charge in [-0.2, -0.15) is 13.2 Å². The van der Waals surface area contributed by atoms with Gasteiger partial charge in [-0.3, -0.25) is 0 Å². The van der Waals surface area contributed by atoms with Crippen LogP contribution < -0.4 is 0 Å². The molecule has 0 unspecified atom stereocenters. The molecule has 0 saturated heterocycles. The second-order valence-electron chi connectivity index (χ2n) is 2.81. The maximum absolute atomic E-state index is 11.8. The van der Waals surface area contributed by atoms with E-state index in [1.54, 1.807) is 0 Å². The van der Waals surface area contributed by atoms with Crippen LogP contribution in [0.5, 0.6) is 0 Å². The van der Waals surface area contributed by atoms with E-state index in [9.17, 15) is 18.0 Å². The summed E-state index contributed by atoms with van der Waals surface area (Å²) in [5, 5.41) is 0.485. The van der Waals surface area contributed by atoms with Gasteiger partial charge in [0, 0.05) is 15.6 Å². The molecule has 2 nitrogen and oxygen atoms in total. The minimum atomic E-state index is -5.00. The van der Waals surface area contributed by atoms with E-state index >= 15 is 0 Å². The van der Waals surface area contributed by atoms with E-state index in [2.05, 4.69) is 4.74 Å². The molecular formula is C9H5Cl2F3O2. The van der Waals surface area contributed by atoms with Crippen molar-refractivity contribution in [1.82, 2.24) is 0 Å². The molecule has 16 heavy (non-hydrogen) atoms. The molecule has 0 aromatic heterocycles. The maximum Gasteiger partial charge on any atom is 0.490 e. The summed E-state index contributed by atoms with van der Waals surface area (Å²) in [7, 11) is 0. The molecule has 7 heteroatoms. The summed E-state index contributed by atoms with van der Waals surface area (Å²) in [5.74, 6) is -2.25. The van der Waals surface area contributed by atoms with Gasteiger partial charge in [0.2, 0.25) is 0 Å². The van der Waals surface area contributed by atoms with Gasteiger partial charge in [-0.25, -0.2) is 4.79 Å². The number of rotatable bonds is 2. The molecule has 0 heterocycles. The number of halogens is 5. The van der Waals surface area contributed by atoms with Crippen molar-refractivity contribution in [3.8, 4) is 0 Å². The van der Waals surface area contributed by atoms with Crippen LogP contribution in [0.4, 0.5) is 13.2 Å². The highest BCUT2D eigenvalue weighted by atomic mass is 35.5. The van der Waals surface area contributed by atoms with Gasteiger partial charge in [-0.15, -0.1) is 0 Å². The number of alkyl halides is 3. The van der Waals surface area contributed by atoms with E-state index in [0.29, 0.717) is 5.02 Å². The van der Waals surface area contributed by atoms with Gasteiger partial charge in [-0.05, 0) is 12.1 Å². The minimum absolute atomic E-state index is 0.141. The minimum Gasteiger partial charge on any atom is -0.454 e. The average molecular weight is 273 g/mol. The summed E-state index contributed by atoms with van der Waals surface area (Å²) in [6.45, 7) is -0.547. The summed E-state index contributed by atoms with van der Waals surface area (Å²) >= 11 is 11.3. The van der Waals surface area contributed by atoms with E-state index in [4.69, 9.17) is 23.2 Å². The van der Waals surface area contributed by atoms with Crippen LogP contribution >= 0.6 is 23.2 Å². The third kappa shape index (κ3) is 3.57. The van der Waals surface area contributed by atoms with Crippen LogP contribution in [0.2, 0.25) is 10.0 Å². The van der Waals surface area contributed by atoms with Crippen molar-refractivity contribution in [2.75, 3.05) is 0 Å². The van der Waals surface area contributed by atoms with E-state index in [-0.39, 0.29) is 10.6 Å². The van der Waals surface area contributed by atoms with Gasteiger partial charge >= 0.3 is 12.1 Å². The summed E-state index contributed by atoms with van der Waals surface area (Å²) in [5.41, 5.74) is 0.253. The number of carbonyl (C=O) groups is 1. The van der Waals surface area contributed by atoms with Crippen molar-refractivity contribution in [3.05, 3.63) is 33.8 Å². The summed E-state index contributed by atoms with van der Waals surface area (Å²) < 4.78 is 39.4. The highest BCUT2D eigenvalue weighted by molar-refractivity contribution is 6.35. The predicted molar refractivity (Wildman–Crippen MR) is 52.3 cm³/mol. The zero-order valence-corrected chi connectivity index (χ0v) is 9.16. The molecule has 0 saturated carbocycles. The number of esters is 1. The third-order valence-electron chi connectivity index (χ3n) is 1.61. The fraction of sp³-hybridized carbons (Fsp3) is 0.222. The van der Waals surface area contributed by atoms with E-state index in [0.717, 1.165) is 0 Å². The Bertz CT molecular complexity index is 404. The Kier molecular flexibility index (Phi) is 4.04. The van der Waals surface area contributed by atoms with Crippen molar-refractivity contribution >= 4 is 29.2 Å². The van der Waals surface area contributed by atoms with Gasteiger partial charge in [0.1, 0.15) is 6.61 Å². The molecule has 1 rings (SSSR count). The van der Waals surface area contributed by atoms with E-state index in [1.165, 1.54) is 18.2 Å². The number of benzene rings is 1. The van der Waals surface area contributed by atoms with Gasteiger partial charge < -0.3 is 4.74 Å². The zero-order valence-electron chi connectivity index (χ0n) is 7.65. The van der Waals surface area contributed by atoms with Crippen LogP contribution in [0.3, 0.4) is 0 Å². The Labute approximate surface area is 98.9 Å². The van der Waals surface area contributed by atoms with Crippen molar-refractivity contribution in [1.29, 1.82) is 0 Å². The normalized spacial score (nSPS) is 11.3. The number of hydrogen-bond donors (Lipinski definition) is 0. The molecular weight excluding hydrogens is 268 g/mol. The Morgan fingerprint density at radius 3 is 2.44 bits per heavy atom. The maximum atomic E-state index is 11.8. The Morgan fingerprint density at radius 2 is 1.94 bits per heavy atom. The second kappa shape index (κ2) is 4.93. The molecule has 1 aromatic carbocycles. The van der Waals surface area contributed by atoms with Crippen molar-refractivity contribution < 1.29 is 22.7 Å². The van der Waals surface area contributed by atoms with E-state index in [1.807, 2.05) is 0 Å². The second-order valence-corrected chi connectivity index (χ2v) is 3.65.